The van der Waals surface area contributed by atoms with Crippen molar-refractivity contribution in [3.05, 3.63) is 33.9 Å². The molecule has 2 N–H and O–H groups in total. The number of piperidine rings is 1. The van der Waals surface area contributed by atoms with E-state index in [0.717, 1.165) is 19.3 Å². The molecule has 1 atom stereocenters. The number of nitrogens with zero attached hydrogens (tertiary/aromatic N) is 2. The van der Waals surface area contributed by atoms with Crippen LogP contribution in [-0.4, -0.2) is 28.3 Å². The maximum absolute atomic E-state index is 12.4. The van der Waals surface area contributed by atoms with E-state index in [9.17, 15) is 14.9 Å². The SMILES string of the molecule is C[C@H]1CCCCN1C(=O)c1ccc(N)c([N+](=O)[O-])c1. The summed E-state index contributed by atoms with van der Waals surface area (Å²) in [5, 5.41) is 10.8. The number of likely N-dealkylation sites (tertiary alicyclic amines) is 1. The predicted molar refractivity (Wildman–Crippen MR) is 71.9 cm³/mol. The molecule has 102 valence electrons. The molecule has 0 saturated carbocycles. The van der Waals surface area contributed by atoms with Gasteiger partial charge >= 0.3 is 0 Å². The van der Waals surface area contributed by atoms with E-state index in [2.05, 4.69) is 0 Å². The van der Waals surface area contributed by atoms with Gasteiger partial charge in [-0.25, -0.2) is 0 Å². The van der Waals surface area contributed by atoms with Crippen LogP contribution in [0.1, 0.15) is 36.5 Å². The van der Waals surface area contributed by atoms with Gasteiger partial charge in [-0.1, -0.05) is 0 Å². The summed E-state index contributed by atoms with van der Waals surface area (Å²) in [6.07, 6.45) is 3.07. The molecule has 1 aromatic rings. The highest BCUT2D eigenvalue weighted by Crippen LogP contribution is 2.25. The molecule has 1 saturated heterocycles. The summed E-state index contributed by atoms with van der Waals surface area (Å²) in [5.41, 5.74) is 5.72. The van der Waals surface area contributed by atoms with Crippen molar-refractivity contribution in [1.82, 2.24) is 4.90 Å². The van der Waals surface area contributed by atoms with Crippen LogP contribution in [0.4, 0.5) is 11.4 Å². The Bertz CT molecular complexity index is 516. The van der Waals surface area contributed by atoms with Gasteiger partial charge in [0.05, 0.1) is 4.92 Å². The summed E-state index contributed by atoms with van der Waals surface area (Å²) in [6.45, 7) is 2.71. The summed E-state index contributed by atoms with van der Waals surface area (Å²) < 4.78 is 0. The van der Waals surface area contributed by atoms with Crippen molar-refractivity contribution in [1.29, 1.82) is 0 Å². The summed E-state index contributed by atoms with van der Waals surface area (Å²) in [6, 6.07) is 4.41. The fourth-order valence-corrected chi connectivity index (χ4v) is 2.40. The van der Waals surface area contributed by atoms with Gasteiger partial charge in [-0.3, -0.25) is 14.9 Å². The maximum Gasteiger partial charge on any atom is 0.292 e. The van der Waals surface area contributed by atoms with Crippen molar-refractivity contribution >= 4 is 17.3 Å². The lowest BCUT2D eigenvalue weighted by Crippen LogP contribution is -2.42. The number of nitrogen functional groups attached to an aromatic ring is 1. The monoisotopic (exact) mass is 263 g/mol. The molecule has 0 bridgehead atoms. The largest absolute Gasteiger partial charge is 0.393 e. The van der Waals surface area contributed by atoms with Crippen molar-refractivity contribution in [3.8, 4) is 0 Å². The van der Waals surface area contributed by atoms with Gasteiger partial charge in [-0.05, 0) is 38.3 Å². The lowest BCUT2D eigenvalue weighted by Gasteiger charge is -2.33. The highest BCUT2D eigenvalue weighted by atomic mass is 16.6. The number of nitrogens with two attached hydrogens (primary N) is 1. The molecule has 1 fully saturated rings. The van der Waals surface area contributed by atoms with Crippen LogP contribution in [0.3, 0.4) is 0 Å². The molecule has 1 aromatic carbocycles. The van der Waals surface area contributed by atoms with Crippen molar-refractivity contribution < 1.29 is 9.72 Å². The molecule has 2 rings (SSSR count). The second-order valence-corrected chi connectivity index (χ2v) is 4.87. The zero-order valence-corrected chi connectivity index (χ0v) is 10.8. The quantitative estimate of drug-likeness (QED) is 0.503. The lowest BCUT2D eigenvalue weighted by atomic mass is 10.0. The Hall–Kier alpha value is -2.11. The van der Waals surface area contributed by atoms with Crippen LogP contribution in [0.2, 0.25) is 0 Å². The summed E-state index contributed by atoms with van der Waals surface area (Å²) in [7, 11) is 0. The first-order valence-corrected chi connectivity index (χ1v) is 6.35. The standard InChI is InChI=1S/C13H17N3O3/c1-9-4-2-3-7-15(9)13(17)10-5-6-11(14)12(8-10)16(18)19/h5-6,8-9H,2-4,7,14H2,1H3/t9-/m0/s1. The van der Waals surface area contributed by atoms with Crippen LogP contribution in [-0.2, 0) is 0 Å². The third-order valence-corrected chi connectivity index (χ3v) is 3.54. The Morgan fingerprint density at radius 3 is 2.84 bits per heavy atom. The number of rotatable bonds is 2. The second-order valence-electron chi connectivity index (χ2n) is 4.87. The van der Waals surface area contributed by atoms with Crippen molar-refractivity contribution in [2.24, 2.45) is 0 Å². The molecule has 0 aromatic heterocycles. The summed E-state index contributed by atoms with van der Waals surface area (Å²) in [5.74, 6) is -0.157. The fraction of sp³-hybridized carbons (Fsp3) is 0.462. The Morgan fingerprint density at radius 1 is 1.47 bits per heavy atom. The minimum atomic E-state index is -0.564. The average molecular weight is 263 g/mol. The molecule has 1 amide bonds. The normalized spacial score (nSPS) is 19.2. The van der Waals surface area contributed by atoms with E-state index >= 15 is 0 Å². The number of hydrogen-bond donors (Lipinski definition) is 1. The highest BCUT2D eigenvalue weighted by molar-refractivity contribution is 5.95. The Morgan fingerprint density at radius 2 is 2.21 bits per heavy atom. The van der Waals surface area contributed by atoms with Crippen molar-refractivity contribution in [2.45, 2.75) is 32.2 Å². The van der Waals surface area contributed by atoms with Crippen molar-refractivity contribution in [2.75, 3.05) is 12.3 Å². The molecule has 0 aliphatic carbocycles. The fourth-order valence-electron chi connectivity index (χ4n) is 2.40. The number of carbonyl (C=O) groups excluding carboxylic acids is 1. The summed E-state index contributed by atoms with van der Waals surface area (Å²) in [4.78, 5) is 24.4. The minimum absolute atomic E-state index is 0.0771. The van der Waals surface area contributed by atoms with Gasteiger partial charge in [0.25, 0.3) is 11.6 Å². The molecule has 19 heavy (non-hydrogen) atoms. The van der Waals surface area contributed by atoms with E-state index in [4.69, 9.17) is 5.73 Å². The molecule has 1 heterocycles. The molecule has 0 unspecified atom stereocenters. The number of nitro groups is 1. The van der Waals surface area contributed by atoms with Gasteiger partial charge in [-0.2, -0.15) is 0 Å². The maximum atomic E-state index is 12.4. The molecule has 0 spiro atoms. The first kappa shape index (κ1) is 13.3. The third kappa shape index (κ3) is 2.67. The number of amides is 1. The zero-order chi connectivity index (χ0) is 14.0. The third-order valence-electron chi connectivity index (χ3n) is 3.54. The molecule has 1 aliphatic rings. The molecule has 6 heteroatoms. The second kappa shape index (κ2) is 5.26. The zero-order valence-electron chi connectivity index (χ0n) is 10.8. The first-order chi connectivity index (χ1) is 9.00. The van der Waals surface area contributed by atoms with Crippen LogP contribution < -0.4 is 5.73 Å². The number of hydrogen-bond acceptors (Lipinski definition) is 4. The number of benzene rings is 1. The van der Waals surface area contributed by atoms with Gasteiger partial charge in [0, 0.05) is 24.2 Å². The van der Waals surface area contributed by atoms with E-state index in [1.807, 2.05) is 6.92 Å². The molecule has 1 aliphatic heterocycles. The van der Waals surface area contributed by atoms with E-state index in [1.54, 1.807) is 11.0 Å². The van der Waals surface area contributed by atoms with Gasteiger partial charge in [0.15, 0.2) is 0 Å². The summed E-state index contributed by atoms with van der Waals surface area (Å²) >= 11 is 0. The average Bonchev–Trinajstić information content (AvgIpc) is 2.38. The predicted octanol–water partition coefficient (Wildman–Crippen LogP) is 2.19. The highest BCUT2D eigenvalue weighted by Gasteiger charge is 2.25. The molecular weight excluding hydrogens is 246 g/mol. The van der Waals surface area contributed by atoms with E-state index < -0.39 is 4.92 Å². The van der Waals surface area contributed by atoms with E-state index in [-0.39, 0.29) is 23.3 Å². The van der Waals surface area contributed by atoms with Gasteiger partial charge in [0.1, 0.15) is 5.69 Å². The van der Waals surface area contributed by atoms with Gasteiger partial charge in [-0.15, -0.1) is 0 Å². The first-order valence-electron chi connectivity index (χ1n) is 6.35. The molecular formula is C13H17N3O3. The van der Waals surface area contributed by atoms with Crippen LogP contribution in [0.15, 0.2) is 18.2 Å². The Kier molecular flexibility index (Phi) is 3.69. The van der Waals surface area contributed by atoms with Gasteiger partial charge < -0.3 is 10.6 Å². The molecule has 0 radical (unpaired) electrons. The van der Waals surface area contributed by atoms with Crippen LogP contribution in [0.25, 0.3) is 0 Å². The minimum Gasteiger partial charge on any atom is -0.393 e. The van der Waals surface area contributed by atoms with E-state index in [1.165, 1.54) is 12.1 Å². The number of nitro benzene ring substituents is 1. The molecule has 6 nitrogen and oxygen atoms in total. The van der Waals surface area contributed by atoms with E-state index in [0.29, 0.717) is 12.1 Å². The smallest absolute Gasteiger partial charge is 0.292 e. The topological polar surface area (TPSA) is 89.5 Å². The van der Waals surface area contributed by atoms with Gasteiger partial charge in [0.2, 0.25) is 0 Å². The lowest BCUT2D eigenvalue weighted by molar-refractivity contribution is -0.383. The number of carbonyl (C=O) groups is 1. The van der Waals surface area contributed by atoms with Crippen molar-refractivity contribution in [3.63, 3.8) is 0 Å². The Labute approximate surface area is 111 Å². The van der Waals surface area contributed by atoms with Crippen LogP contribution >= 0.6 is 0 Å². The van der Waals surface area contributed by atoms with Crippen LogP contribution in [0.5, 0.6) is 0 Å². The number of anilines is 1. The Balaban J connectivity index is 2.28. The van der Waals surface area contributed by atoms with Crippen LogP contribution in [0, 0.1) is 10.1 Å².